The first kappa shape index (κ1) is 19.5. The molecule has 4 nitrogen and oxygen atoms in total. The van der Waals surface area contributed by atoms with Gasteiger partial charge in [0.1, 0.15) is 0 Å². The Hall–Kier alpha value is -3.27. The van der Waals surface area contributed by atoms with Crippen LogP contribution in [-0.2, 0) is 0 Å². The summed E-state index contributed by atoms with van der Waals surface area (Å²) in [4.78, 5) is 12.7. The topological polar surface area (TPSA) is 67.2 Å². The molecule has 3 aromatic carbocycles. The van der Waals surface area contributed by atoms with Gasteiger partial charge in [0.15, 0.2) is 0 Å². The highest BCUT2D eigenvalue weighted by atomic mass is 16.1. The van der Waals surface area contributed by atoms with Crippen molar-refractivity contribution in [3.63, 3.8) is 0 Å². The molecule has 0 spiro atoms. The van der Waals surface area contributed by atoms with Gasteiger partial charge in [0.2, 0.25) is 0 Å². The number of carbonyl (C=O) groups excluding carboxylic acids is 1. The second kappa shape index (κ2) is 9.09. The first-order valence-electron chi connectivity index (χ1n) is 9.65. The first-order chi connectivity index (χ1) is 13.6. The van der Waals surface area contributed by atoms with Crippen LogP contribution in [-0.4, -0.2) is 5.91 Å². The predicted octanol–water partition coefficient (Wildman–Crippen LogP) is 5.32. The molecule has 4 heteroatoms. The Kier molecular flexibility index (Phi) is 6.33. The van der Waals surface area contributed by atoms with Crippen molar-refractivity contribution >= 4 is 17.3 Å². The number of carbonyl (C=O) groups is 1. The monoisotopic (exact) mass is 373 g/mol. The van der Waals surface area contributed by atoms with E-state index in [0.717, 1.165) is 17.7 Å². The normalized spacial score (nSPS) is 12.8. The lowest BCUT2D eigenvalue weighted by molar-refractivity contribution is 0.0935. The van der Waals surface area contributed by atoms with Gasteiger partial charge in [0, 0.05) is 11.6 Å². The molecule has 0 bridgehead atoms. The van der Waals surface area contributed by atoms with E-state index in [-0.39, 0.29) is 18.0 Å². The Morgan fingerprint density at radius 1 is 0.929 bits per heavy atom. The Balaban J connectivity index is 1.70. The molecule has 0 fully saturated rings. The number of nitrogen functional groups attached to an aromatic ring is 1. The minimum absolute atomic E-state index is 0.0224. The fourth-order valence-electron chi connectivity index (χ4n) is 3.24. The van der Waals surface area contributed by atoms with Crippen LogP contribution < -0.4 is 16.4 Å². The van der Waals surface area contributed by atoms with Crippen molar-refractivity contribution in [3.8, 4) is 0 Å². The van der Waals surface area contributed by atoms with Crippen LogP contribution in [0.1, 0.15) is 53.8 Å². The fourth-order valence-corrected chi connectivity index (χ4v) is 3.24. The number of benzene rings is 3. The summed E-state index contributed by atoms with van der Waals surface area (Å²) in [6, 6.07) is 25.7. The third-order valence-electron chi connectivity index (χ3n) is 4.90. The van der Waals surface area contributed by atoms with Crippen LogP contribution >= 0.6 is 0 Å². The van der Waals surface area contributed by atoms with Crippen LogP contribution in [0, 0.1) is 0 Å². The zero-order chi connectivity index (χ0) is 19.9. The zero-order valence-corrected chi connectivity index (χ0v) is 16.4. The summed E-state index contributed by atoms with van der Waals surface area (Å²) in [5, 5.41) is 6.51. The van der Waals surface area contributed by atoms with Crippen molar-refractivity contribution in [1.29, 1.82) is 0 Å². The van der Waals surface area contributed by atoms with Crippen molar-refractivity contribution < 1.29 is 4.79 Å². The molecule has 0 saturated heterocycles. The van der Waals surface area contributed by atoms with E-state index in [0.29, 0.717) is 11.3 Å². The van der Waals surface area contributed by atoms with Crippen molar-refractivity contribution in [2.75, 3.05) is 11.1 Å². The van der Waals surface area contributed by atoms with Crippen LogP contribution in [0.15, 0.2) is 78.9 Å². The van der Waals surface area contributed by atoms with Gasteiger partial charge in [0.05, 0.1) is 17.4 Å². The molecule has 0 aliphatic heterocycles. The molecule has 2 atom stereocenters. The molecule has 3 aromatic rings. The number of anilines is 2. The average molecular weight is 374 g/mol. The summed E-state index contributed by atoms with van der Waals surface area (Å²) in [5.41, 5.74) is 10.4. The second-order valence-electron chi connectivity index (χ2n) is 6.92. The van der Waals surface area contributed by atoms with E-state index in [9.17, 15) is 4.79 Å². The molecule has 0 saturated carbocycles. The Labute approximate surface area is 166 Å². The summed E-state index contributed by atoms with van der Waals surface area (Å²) in [6.07, 6.45) is 0.819. The van der Waals surface area contributed by atoms with Crippen LogP contribution in [0.5, 0.6) is 0 Å². The largest absolute Gasteiger partial charge is 0.397 e. The lowest BCUT2D eigenvalue weighted by Crippen LogP contribution is -2.28. The summed E-state index contributed by atoms with van der Waals surface area (Å²) in [6.45, 7) is 4.14. The number of rotatable bonds is 7. The Bertz CT molecular complexity index is 910. The van der Waals surface area contributed by atoms with Crippen molar-refractivity contribution in [2.45, 2.75) is 32.4 Å². The summed E-state index contributed by atoms with van der Waals surface area (Å²) in [5.74, 6) is -0.120. The molecule has 0 radical (unpaired) electrons. The number of hydrogen-bond donors (Lipinski definition) is 3. The highest BCUT2D eigenvalue weighted by Gasteiger charge is 2.15. The third kappa shape index (κ3) is 4.71. The standard InChI is InChI=1S/C24H27N3O/c1-3-22(19-12-8-5-9-13-19)27-24(28)20-14-15-23(21(25)16-20)26-17(2)18-10-6-4-7-11-18/h4-17,22,26H,3,25H2,1-2H3,(H,27,28)/t17-,22-/m1/s1. The van der Waals surface area contributed by atoms with Crippen molar-refractivity contribution in [3.05, 3.63) is 95.6 Å². The molecule has 0 aliphatic carbocycles. The molecule has 0 aromatic heterocycles. The molecular formula is C24H27N3O. The lowest BCUT2D eigenvalue weighted by atomic mass is 10.0. The fraction of sp³-hybridized carbons (Fsp3) is 0.208. The summed E-state index contributed by atoms with van der Waals surface area (Å²) in [7, 11) is 0. The van der Waals surface area contributed by atoms with Gasteiger partial charge in [-0.2, -0.15) is 0 Å². The highest BCUT2D eigenvalue weighted by molar-refractivity contribution is 5.96. The predicted molar refractivity (Wildman–Crippen MR) is 116 cm³/mol. The quantitative estimate of drug-likeness (QED) is 0.491. The molecule has 4 N–H and O–H groups in total. The summed E-state index contributed by atoms with van der Waals surface area (Å²) < 4.78 is 0. The number of nitrogens with two attached hydrogens (primary N) is 1. The molecule has 28 heavy (non-hydrogen) atoms. The van der Waals surface area contributed by atoms with Gasteiger partial charge in [-0.25, -0.2) is 0 Å². The van der Waals surface area contributed by atoms with E-state index in [1.54, 1.807) is 6.07 Å². The summed E-state index contributed by atoms with van der Waals surface area (Å²) >= 11 is 0. The highest BCUT2D eigenvalue weighted by Crippen LogP contribution is 2.26. The van der Waals surface area contributed by atoms with Crippen LogP contribution in [0.4, 0.5) is 11.4 Å². The van der Waals surface area contributed by atoms with E-state index in [1.807, 2.05) is 60.7 Å². The van der Waals surface area contributed by atoms with E-state index in [2.05, 4.69) is 36.6 Å². The van der Waals surface area contributed by atoms with Crippen LogP contribution in [0.3, 0.4) is 0 Å². The van der Waals surface area contributed by atoms with Crippen molar-refractivity contribution in [1.82, 2.24) is 5.32 Å². The van der Waals surface area contributed by atoms with E-state index < -0.39 is 0 Å². The van der Waals surface area contributed by atoms with Gasteiger partial charge in [-0.1, -0.05) is 67.6 Å². The van der Waals surface area contributed by atoms with E-state index in [4.69, 9.17) is 5.73 Å². The maximum atomic E-state index is 12.7. The molecule has 0 unspecified atom stereocenters. The van der Waals surface area contributed by atoms with Gasteiger partial charge >= 0.3 is 0 Å². The number of nitrogens with one attached hydrogen (secondary N) is 2. The maximum absolute atomic E-state index is 12.7. The molecular weight excluding hydrogens is 346 g/mol. The SMILES string of the molecule is CC[C@@H](NC(=O)c1ccc(N[C@H](C)c2ccccc2)c(N)c1)c1ccccc1. The van der Waals surface area contributed by atoms with Gasteiger partial charge < -0.3 is 16.4 Å². The smallest absolute Gasteiger partial charge is 0.251 e. The van der Waals surface area contributed by atoms with E-state index >= 15 is 0 Å². The molecule has 144 valence electrons. The van der Waals surface area contributed by atoms with Gasteiger partial charge in [-0.05, 0) is 42.7 Å². The van der Waals surface area contributed by atoms with Crippen LogP contribution in [0.2, 0.25) is 0 Å². The molecule has 0 heterocycles. The lowest BCUT2D eigenvalue weighted by Gasteiger charge is -2.19. The van der Waals surface area contributed by atoms with Gasteiger partial charge in [0.25, 0.3) is 5.91 Å². The minimum Gasteiger partial charge on any atom is -0.397 e. The number of amides is 1. The first-order valence-corrected chi connectivity index (χ1v) is 9.65. The molecule has 0 aliphatic rings. The molecule has 1 amide bonds. The molecule has 3 rings (SSSR count). The average Bonchev–Trinajstić information content (AvgIpc) is 2.74. The Morgan fingerprint density at radius 3 is 2.11 bits per heavy atom. The van der Waals surface area contributed by atoms with Crippen molar-refractivity contribution in [2.24, 2.45) is 0 Å². The minimum atomic E-state index is -0.120. The maximum Gasteiger partial charge on any atom is 0.251 e. The third-order valence-corrected chi connectivity index (χ3v) is 4.90. The Morgan fingerprint density at radius 2 is 1.54 bits per heavy atom. The number of hydrogen-bond acceptors (Lipinski definition) is 3. The van der Waals surface area contributed by atoms with E-state index in [1.165, 1.54) is 5.56 Å². The van der Waals surface area contributed by atoms with Crippen LogP contribution in [0.25, 0.3) is 0 Å². The van der Waals surface area contributed by atoms with Gasteiger partial charge in [-0.15, -0.1) is 0 Å². The van der Waals surface area contributed by atoms with Gasteiger partial charge in [-0.3, -0.25) is 4.79 Å². The second-order valence-corrected chi connectivity index (χ2v) is 6.92. The zero-order valence-electron chi connectivity index (χ0n) is 16.4.